The van der Waals surface area contributed by atoms with Crippen LogP contribution in [0.3, 0.4) is 0 Å². The summed E-state index contributed by atoms with van der Waals surface area (Å²) in [6.45, 7) is 2.48. The molecule has 0 bridgehead atoms. The van der Waals surface area contributed by atoms with Gasteiger partial charge in [-0.1, -0.05) is 6.92 Å². The Morgan fingerprint density at radius 2 is 2.06 bits per heavy atom. The summed E-state index contributed by atoms with van der Waals surface area (Å²) in [6.07, 6.45) is 0. The van der Waals surface area contributed by atoms with Gasteiger partial charge in [0.2, 0.25) is 0 Å². The molecule has 0 amide bonds. The largest absolute Gasteiger partial charge is 0.480 e. The predicted octanol–water partition coefficient (Wildman–Crippen LogP) is 1.88. The Kier molecular flexibility index (Phi) is 5.86. The molecule has 0 fully saturated rings. The third kappa shape index (κ3) is 4.66. The van der Waals surface area contributed by atoms with Crippen LogP contribution in [-0.4, -0.2) is 36.5 Å². The fraction of sp³-hybridized carbons (Fsp3) is 0.417. The Bertz CT molecular complexity index is 354. The first-order valence-corrected chi connectivity index (χ1v) is 6.52. The molecule has 0 aliphatic rings. The number of carbonyl (C=O) groups is 1. The van der Waals surface area contributed by atoms with Crippen molar-refractivity contribution in [2.24, 2.45) is 0 Å². The number of carboxylic acid groups (broad SMARTS) is 1. The number of hydrogen-bond acceptors (Lipinski definition) is 4. The van der Waals surface area contributed by atoms with Gasteiger partial charge in [-0.05, 0) is 37.1 Å². The van der Waals surface area contributed by atoms with Crippen LogP contribution in [0.25, 0.3) is 0 Å². The van der Waals surface area contributed by atoms with Gasteiger partial charge in [-0.3, -0.25) is 4.79 Å². The molecule has 0 saturated carbocycles. The van der Waals surface area contributed by atoms with Crippen LogP contribution in [0.15, 0.2) is 29.2 Å². The molecule has 5 heteroatoms. The molecular weight excluding hydrogens is 236 g/mol. The van der Waals surface area contributed by atoms with Gasteiger partial charge in [-0.25, -0.2) is 0 Å². The van der Waals surface area contributed by atoms with Crippen molar-refractivity contribution in [3.05, 3.63) is 24.3 Å². The van der Waals surface area contributed by atoms with Crippen LogP contribution in [0.5, 0.6) is 0 Å². The highest BCUT2D eigenvalue weighted by molar-refractivity contribution is 7.99. The van der Waals surface area contributed by atoms with E-state index in [-0.39, 0.29) is 0 Å². The highest BCUT2D eigenvalue weighted by atomic mass is 32.2. The van der Waals surface area contributed by atoms with Gasteiger partial charge in [0.25, 0.3) is 0 Å². The predicted molar refractivity (Wildman–Crippen MR) is 71.8 cm³/mol. The number of likely N-dealkylation sites (N-methyl/N-ethyl adjacent to an activating group) is 1. The molecule has 1 aromatic carbocycles. The van der Waals surface area contributed by atoms with Crippen molar-refractivity contribution in [3.8, 4) is 0 Å². The minimum absolute atomic E-state index is 0.367. The maximum Gasteiger partial charge on any atom is 0.322 e. The van der Waals surface area contributed by atoms with Crippen LogP contribution in [0.1, 0.15) is 6.92 Å². The molecule has 1 rings (SSSR count). The zero-order valence-corrected chi connectivity index (χ0v) is 10.9. The van der Waals surface area contributed by atoms with Crippen LogP contribution < -0.4 is 10.6 Å². The van der Waals surface area contributed by atoms with Crippen molar-refractivity contribution < 1.29 is 9.90 Å². The summed E-state index contributed by atoms with van der Waals surface area (Å²) in [7, 11) is 1.64. The third-order valence-corrected chi connectivity index (χ3v) is 3.22. The maximum atomic E-state index is 10.8. The zero-order valence-electron chi connectivity index (χ0n) is 10.1. The summed E-state index contributed by atoms with van der Waals surface area (Å²) in [4.78, 5) is 12.0. The highest BCUT2D eigenvalue weighted by Crippen LogP contribution is 2.19. The van der Waals surface area contributed by atoms with Gasteiger partial charge in [-0.15, -0.1) is 11.8 Å². The standard InChI is InChI=1S/C12H18N2O2S/c1-3-17-10-6-4-9(5-7-10)14-8-11(13-2)12(15)16/h4-7,11,13-14H,3,8H2,1-2H3,(H,15,16). The first-order chi connectivity index (χ1) is 8.17. The van der Waals surface area contributed by atoms with Crippen molar-refractivity contribution in [2.45, 2.75) is 17.9 Å². The van der Waals surface area contributed by atoms with Crippen LogP contribution in [0.4, 0.5) is 5.69 Å². The Morgan fingerprint density at radius 3 is 2.53 bits per heavy atom. The number of carboxylic acids is 1. The molecule has 94 valence electrons. The lowest BCUT2D eigenvalue weighted by molar-refractivity contribution is -0.138. The van der Waals surface area contributed by atoms with E-state index in [0.29, 0.717) is 6.54 Å². The molecule has 17 heavy (non-hydrogen) atoms. The number of aliphatic carboxylic acids is 1. The Hall–Kier alpha value is -1.20. The van der Waals surface area contributed by atoms with Crippen molar-refractivity contribution in [2.75, 3.05) is 24.7 Å². The lowest BCUT2D eigenvalue weighted by atomic mass is 10.2. The molecule has 4 nitrogen and oxygen atoms in total. The lowest BCUT2D eigenvalue weighted by Gasteiger charge is -2.13. The fourth-order valence-corrected chi connectivity index (χ4v) is 2.03. The topological polar surface area (TPSA) is 61.4 Å². The summed E-state index contributed by atoms with van der Waals surface area (Å²) < 4.78 is 0. The number of nitrogens with one attached hydrogen (secondary N) is 2. The molecule has 3 N–H and O–H groups in total. The van der Waals surface area contributed by atoms with E-state index in [1.165, 1.54) is 4.90 Å². The van der Waals surface area contributed by atoms with E-state index in [1.54, 1.807) is 18.8 Å². The number of thioether (sulfide) groups is 1. The van der Waals surface area contributed by atoms with Crippen molar-refractivity contribution in [1.29, 1.82) is 0 Å². The Labute approximate surface area is 106 Å². The molecule has 0 saturated heterocycles. The first-order valence-electron chi connectivity index (χ1n) is 5.54. The van der Waals surface area contributed by atoms with Gasteiger partial charge in [0.05, 0.1) is 0 Å². The van der Waals surface area contributed by atoms with Gasteiger partial charge in [0, 0.05) is 17.1 Å². The molecule has 0 aliphatic heterocycles. The number of anilines is 1. The quantitative estimate of drug-likeness (QED) is 0.649. The highest BCUT2D eigenvalue weighted by Gasteiger charge is 2.13. The summed E-state index contributed by atoms with van der Waals surface area (Å²) in [6, 6.07) is 7.43. The van der Waals surface area contributed by atoms with Gasteiger partial charge < -0.3 is 15.7 Å². The van der Waals surface area contributed by atoms with Crippen LogP contribution in [0.2, 0.25) is 0 Å². The van der Waals surface area contributed by atoms with E-state index in [0.717, 1.165) is 11.4 Å². The molecule has 0 spiro atoms. The molecule has 1 atom stereocenters. The molecule has 0 heterocycles. The fourth-order valence-electron chi connectivity index (χ4n) is 1.37. The van der Waals surface area contributed by atoms with E-state index in [2.05, 4.69) is 17.6 Å². The summed E-state index contributed by atoms with van der Waals surface area (Å²) in [5, 5.41) is 14.7. The lowest BCUT2D eigenvalue weighted by Crippen LogP contribution is -2.39. The second kappa shape index (κ2) is 7.19. The van der Waals surface area contributed by atoms with Gasteiger partial charge >= 0.3 is 5.97 Å². The van der Waals surface area contributed by atoms with Crippen molar-refractivity contribution in [3.63, 3.8) is 0 Å². The second-order valence-corrected chi connectivity index (χ2v) is 4.86. The smallest absolute Gasteiger partial charge is 0.322 e. The summed E-state index contributed by atoms with van der Waals surface area (Å²) in [5.41, 5.74) is 0.937. The average Bonchev–Trinajstić information content (AvgIpc) is 2.32. The second-order valence-electron chi connectivity index (χ2n) is 3.52. The van der Waals surface area contributed by atoms with E-state index in [1.807, 2.05) is 24.3 Å². The first kappa shape index (κ1) is 13.9. The van der Waals surface area contributed by atoms with Crippen LogP contribution in [0, 0.1) is 0 Å². The van der Waals surface area contributed by atoms with Gasteiger partial charge in [0.1, 0.15) is 6.04 Å². The Morgan fingerprint density at radius 1 is 1.41 bits per heavy atom. The minimum atomic E-state index is -0.849. The number of rotatable bonds is 7. The molecule has 1 unspecified atom stereocenters. The van der Waals surface area contributed by atoms with E-state index < -0.39 is 12.0 Å². The average molecular weight is 254 g/mol. The number of hydrogen-bond donors (Lipinski definition) is 3. The van der Waals surface area contributed by atoms with E-state index >= 15 is 0 Å². The minimum Gasteiger partial charge on any atom is -0.480 e. The van der Waals surface area contributed by atoms with Crippen LogP contribution >= 0.6 is 11.8 Å². The van der Waals surface area contributed by atoms with Gasteiger partial charge in [0.15, 0.2) is 0 Å². The van der Waals surface area contributed by atoms with Gasteiger partial charge in [-0.2, -0.15) is 0 Å². The summed E-state index contributed by atoms with van der Waals surface area (Å²) >= 11 is 1.78. The molecule has 1 aromatic rings. The normalized spacial score (nSPS) is 12.1. The third-order valence-electron chi connectivity index (χ3n) is 2.32. The van der Waals surface area contributed by atoms with E-state index in [9.17, 15) is 4.79 Å². The Balaban J connectivity index is 2.49. The molecule has 0 radical (unpaired) electrons. The molecular formula is C12H18N2O2S. The molecule has 0 aliphatic carbocycles. The van der Waals surface area contributed by atoms with Crippen molar-refractivity contribution >= 4 is 23.4 Å². The number of benzene rings is 1. The zero-order chi connectivity index (χ0) is 12.7. The monoisotopic (exact) mass is 254 g/mol. The SMILES string of the molecule is CCSc1ccc(NCC(NC)C(=O)O)cc1. The maximum absolute atomic E-state index is 10.8. The molecule has 0 aromatic heterocycles. The summed E-state index contributed by atoms with van der Waals surface area (Å²) in [5.74, 6) is 0.200. The van der Waals surface area contributed by atoms with Crippen molar-refractivity contribution in [1.82, 2.24) is 5.32 Å². The van der Waals surface area contributed by atoms with E-state index in [4.69, 9.17) is 5.11 Å². The van der Waals surface area contributed by atoms with Crippen LogP contribution in [-0.2, 0) is 4.79 Å².